The summed E-state index contributed by atoms with van der Waals surface area (Å²) in [7, 11) is 2.02. The largest absolute Gasteiger partial charge is 0.395 e. The van der Waals surface area contributed by atoms with E-state index in [1.54, 1.807) is 4.90 Å². The van der Waals surface area contributed by atoms with Gasteiger partial charge in [-0.15, -0.1) is 0 Å². The summed E-state index contributed by atoms with van der Waals surface area (Å²) < 4.78 is 7.68. The molecule has 0 unspecified atom stereocenters. The molecule has 3 heterocycles. The molecule has 0 aliphatic carbocycles. The van der Waals surface area contributed by atoms with E-state index in [4.69, 9.17) is 20.6 Å². The summed E-state index contributed by atoms with van der Waals surface area (Å²) in [4.78, 5) is 33.7. The van der Waals surface area contributed by atoms with Crippen molar-refractivity contribution in [3.05, 3.63) is 52.8 Å². The van der Waals surface area contributed by atoms with Gasteiger partial charge in [-0.3, -0.25) is 4.79 Å². The van der Waals surface area contributed by atoms with Gasteiger partial charge in [0, 0.05) is 68.8 Å². The number of benzene rings is 1. The summed E-state index contributed by atoms with van der Waals surface area (Å²) in [6.07, 6.45) is 9.22. The predicted molar refractivity (Wildman–Crippen MR) is 186 cm³/mol. The Kier molecular flexibility index (Phi) is 14.3. The molecular weight excluding hydrogens is 596 g/mol. The lowest BCUT2D eigenvalue weighted by molar-refractivity contribution is 0.0951. The van der Waals surface area contributed by atoms with Crippen LogP contribution in [0.5, 0.6) is 0 Å². The van der Waals surface area contributed by atoms with E-state index in [2.05, 4.69) is 27.6 Å². The van der Waals surface area contributed by atoms with Gasteiger partial charge in [-0.25, -0.2) is 14.5 Å². The van der Waals surface area contributed by atoms with E-state index < -0.39 is 0 Å². The molecule has 0 atom stereocenters. The second-order valence-electron chi connectivity index (χ2n) is 12.4. The Bertz CT molecular complexity index is 1420. The number of likely N-dealkylation sites (tertiary alicyclic amines) is 1. The number of hydrogen-bond donors (Lipinski definition) is 4. The van der Waals surface area contributed by atoms with Crippen LogP contribution < -0.4 is 16.4 Å². The maximum absolute atomic E-state index is 13.3. The molecule has 0 spiro atoms. The van der Waals surface area contributed by atoms with Gasteiger partial charge in [-0.1, -0.05) is 19.1 Å². The Labute approximate surface area is 279 Å². The second-order valence-corrected chi connectivity index (χ2v) is 12.4. The zero-order chi connectivity index (χ0) is 33.6. The van der Waals surface area contributed by atoms with Crippen LogP contribution in [-0.2, 0) is 30.7 Å². The first-order chi connectivity index (χ1) is 22.8. The zero-order valence-corrected chi connectivity index (χ0v) is 28.5. The zero-order valence-electron chi connectivity index (χ0n) is 28.5. The molecule has 258 valence electrons. The minimum atomic E-state index is -0.379. The smallest absolute Gasteiger partial charge is 0.314 e. The van der Waals surface area contributed by atoms with Crippen LogP contribution >= 0.6 is 0 Å². The summed E-state index contributed by atoms with van der Waals surface area (Å²) in [5.41, 5.74) is 11.0. The van der Waals surface area contributed by atoms with E-state index in [9.17, 15) is 9.59 Å². The minimum Gasteiger partial charge on any atom is -0.395 e. The molecule has 1 fully saturated rings. The second kappa shape index (κ2) is 18.6. The highest BCUT2D eigenvalue weighted by atomic mass is 16.5. The van der Waals surface area contributed by atoms with Crippen molar-refractivity contribution in [1.82, 2.24) is 29.9 Å². The molecular formula is C35H54N8O4. The van der Waals surface area contributed by atoms with Crippen molar-refractivity contribution in [2.45, 2.75) is 84.3 Å². The minimum absolute atomic E-state index is 0.125. The number of carbonyl (C=O) groups is 2. The Balaban J connectivity index is 1.30. The first kappa shape index (κ1) is 36.1. The molecule has 1 aliphatic rings. The fourth-order valence-electron chi connectivity index (χ4n) is 6.10. The van der Waals surface area contributed by atoms with E-state index >= 15 is 0 Å². The lowest BCUT2D eigenvalue weighted by Crippen LogP contribution is -2.44. The van der Waals surface area contributed by atoms with Gasteiger partial charge >= 0.3 is 6.03 Å². The van der Waals surface area contributed by atoms with Crippen molar-refractivity contribution in [2.75, 3.05) is 58.4 Å². The molecule has 3 amide bonds. The summed E-state index contributed by atoms with van der Waals surface area (Å²) >= 11 is 0. The highest BCUT2D eigenvalue weighted by Crippen LogP contribution is 2.31. The third-order valence-corrected chi connectivity index (χ3v) is 8.97. The molecule has 2 aromatic heterocycles. The number of nitrogens with two attached hydrogens (primary N) is 1. The molecule has 0 bridgehead atoms. The third kappa shape index (κ3) is 10.4. The average molecular weight is 651 g/mol. The number of aliphatic hydroxyl groups is 1. The maximum atomic E-state index is 13.3. The summed E-state index contributed by atoms with van der Waals surface area (Å²) in [6.45, 7) is 9.82. The number of piperidine rings is 1. The van der Waals surface area contributed by atoms with Crippen LogP contribution in [-0.4, -0.2) is 101 Å². The van der Waals surface area contributed by atoms with Crippen molar-refractivity contribution in [2.24, 2.45) is 5.73 Å². The molecule has 5 N–H and O–H groups in total. The van der Waals surface area contributed by atoms with E-state index in [1.807, 2.05) is 49.1 Å². The molecule has 1 aliphatic heterocycles. The topological polar surface area (TPSA) is 151 Å². The van der Waals surface area contributed by atoms with Gasteiger partial charge in [0.25, 0.3) is 5.91 Å². The molecule has 1 saturated heterocycles. The number of aliphatic hydroxyl groups excluding tert-OH is 1. The van der Waals surface area contributed by atoms with E-state index in [-0.39, 0.29) is 24.6 Å². The Morgan fingerprint density at radius 1 is 1.06 bits per heavy atom. The monoisotopic (exact) mass is 650 g/mol. The average Bonchev–Trinajstić information content (AvgIpc) is 3.50. The lowest BCUT2D eigenvalue weighted by Gasteiger charge is -2.32. The van der Waals surface area contributed by atoms with Crippen LogP contribution in [0.4, 0.5) is 10.5 Å². The van der Waals surface area contributed by atoms with Crippen molar-refractivity contribution < 1.29 is 19.4 Å². The molecule has 12 nitrogen and oxygen atoms in total. The number of aromatic nitrogens is 3. The fraction of sp³-hybridized carbons (Fsp3) is 0.600. The number of anilines is 1. The van der Waals surface area contributed by atoms with Crippen LogP contribution in [0.2, 0.25) is 0 Å². The molecule has 0 radical (unpaired) electrons. The van der Waals surface area contributed by atoms with Crippen LogP contribution in [0.15, 0.2) is 30.5 Å². The first-order valence-electron chi connectivity index (χ1n) is 17.3. The number of aryl methyl sites for hydroxylation is 3. The maximum Gasteiger partial charge on any atom is 0.314 e. The van der Waals surface area contributed by atoms with Gasteiger partial charge in [-0.05, 0) is 89.6 Å². The standard InChI is InChI=1S/C35H54N8O4/c1-4-31-29(32(30-25-38-43(5-2)33(30)40-31)39-28-15-18-42(19-16-28)35(36)46)24-37-34(45)27-13-11-26(12-14-27)10-6-8-22-47-23-9-7-17-41(3)20-21-44/h11-14,25,28,44H,4-10,15-24H2,1-3H3,(H2,36,46)(H,37,45)(H,39,40). The van der Waals surface area contributed by atoms with Crippen molar-refractivity contribution >= 4 is 28.7 Å². The number of primary amides is 1. The Morgan fingerprint density at radius 3 is 2.45 bits per heavy atom. The van der Waals surface area contributed by atoms with E-state index in [0.717, 1.165) is 92.7 Å². The number of hydrogen-bond acceptors (Lipinski definition) is 8. The highest BCUT2D eigenvalue weighted by molar-refractivity contribution is 5.95. The number of nitrogens with zero attached hydrogens (tertiary/aromatic N) is 5. The molecule has 4 rings (SSSR count). The van der Waals surface area contributed by atoms with Gasteiger partial charge in [0.05, 0.1) is 23.9 Å². The van der Waals surface area contributed by atoms with Gasteiger partial charge in [0.15, 0.2) is 5.65 Å². The molecule has 47 heavy (non-hydrogen) atoms. The fourth-order valence-corrected chi connectivity index (χ4v) is 6.10. The third-order valence-electron chi connectivity index (χ3n) is 8.97. The van der Waals surface area contributed by atoms with Crippen molar-refractivity contribution in [3.63, 3.8) is 0 Å². The van der Waals surface area contributed by atoms with Crippen LogP contribution in [0.25, 0.3) is 11.0 Å². The molecule has 3 aromatic rings. The number of rotatable bonds is 19. The number of unbranched alkanes of at least 4 members (excludes halogenated alkanes) is 2. The quantitative estimate of drug-likeness (QED) is 0.143. The first-order valence-corrected chi connectivity index (χ1v) is 17.3. The van der Waals surface area contributed by atoms with Crippen molar-refractivity contribution in [1.29, 1.82) is 0 Å². The summed E-state index contributed by atoms with van der Waals surface area (Å²) in [5, 5.41) is 21.3. The summed E-state index contributed by atoms with van der Waals surface area (Å²) in [6, 6.07) is 7.65. The van der Waals surface area contributed by atoms with Crippen LogP contribution in [0, 0.1) is 0 Å². The number of fused-ring (bicyclic) bond motifs is 1. The molecule has 0 saturated carbocycles. The Hall–Kier alpha value is -3.74. The SMILES string of the molecule is CCc1nc2c(cnn2CC)c(NC2CCN(C(N)=O)CC2)c1CNC(=O)c1ccc(CCCCOCCCCN(C)CCO)cc1. The van der Waals surface area contributed by atoms with Gasteiger partial charge in [0.2, 0.25) is 0 Å². The number of nitrogens with one attached hydrogen (secondary N) is 2. The van der Waals surface area contributed by atoms with E-state index in [1.165, 1.54) is 5.56 Å². The number of pyridine rings is 1. The van der Waals surface area contributed by atoms with Crippen LogP contribution in [0.1, 0.15) is 79.6 Å². The van der Waals surface area contributed by atoms with Gasteiger partial charge < -0.3 is 36.0 Å². The van der Waals surface area contributed by atoms with E-state index in [0.29, 0.717) is 44.7 Å². The number of carbonyl (C=O) groups excluding carboxylic acids is 2. The lowest BCUT2D eigenvalue weighted by atomic mass is 10.0. The highest BCUT2D eigenvalue weighted by Gasteiger charge is 2.25. The number of amides is 3. The Morgan fingerprint density at radius 2 is 1.79 bits per heavy atom. The molecule has 1 aromatic carbocycles. The van der Waals surface area contributed by atoms with Gasteiger partial charge in [0.1, 0.15) is 0 Å². The predicted octanol–water partition coefficient (Wildman–Crippen LogP) is 3.94. The number of likely N-dealkylation sites (N-methyl/N-ethyl adjacent to an activating group) is 1. The normalized spacial score (nSPS) is 13.9. The summed E-state index contributed by atoms with van der Waals surface area (Å²) in [5.74, 6) is -0.125. The molecule has 12 heteroatoms. The number of ether oxygens (including phenoxy) is 1. The van der Waals surface area contributed by atoms with Crippen LogP contribution in [0.3, 0.4) is 0 Å². The van der Waals surface area contributed by atoms with Gasteiger partial charge in [-0.2, -0.15) is 5.10 Å². The van der Waals surface area contributed by atoms with Crippen molar-refractivity contribution in [3.8, 4) is 0 Å². The number of urea groups is 1.